The number of aryl methyl sites for hydroxylation is 1. The number of benzene rings is 1. The number of amides is 1. The maximum atomic E-state index is 12.3. The lowest BCUT2D eigenvalue weighted by Crippen LogP contribution is -2.26. The number of carbonyl (C=O) groups is 1. The van der Waals surface area contributed by atoms with Gasteiger partial charge in [-0.3, -0.25) is 14.3 Å². The van der Waals surface area contributed by atoms with Gasteiger partial charge in [-0.2, -0.15) is 5.10 Å². The van der Waals surface area contributed by atoms with E-state index >= 15 is 0 Å². The Morgan fingerprint density at radius 2 is 1.76 bits per heavy atom. The van der Waals surface area contributed by atoms with E-state index in [1.807, 2.05) is 6.92 Å². The Labute approximate surface area is 145 Å². The number of hydrogen-bond acceptors (Lipinski definition) is 5. The fourth-order valence-electron chi connectivity index (χ4n) is 2.07. The van der Waals surface area contributed by atoms with Crippen molar-refractivity contribution in [2.75, 3.05) is 16.3 Å². The summed E-state index contributed by atoms with van der Waals surface area (Å²) >= 11 is 0. The van der Waals surface area contributed by atoms with Crippen LogP contribution in [0.25, 0.3) is 0 Å². The van der Waals surface area contributed by atoms with Crippen LogP contribution in [0.15, 0.2) is 41.2 Å². The van der Waals surface area contributed by atoms with Gasteiger partial charge in [-0.25, -0.2) is 13.1 Å². The summed E-state index contributed by atoms with van der Waals surface area (Å²) in [6.07, 6.45) is 2.77. The van der Waals surface area contributed by atoms with Crippen molar-refractivity contribution in [2.45, 2.75) is 26.3 Å². The molecule has 9 heteroatoms. The highest BCUT2D eigenvalue weighted by molar-refractivity contribution is 7.92. The normalized spacial score (nSPS) is 11.1. The van der Waals surface area contributed by atoms with E-state index in [1.54, 1.807) is 12.1 Å². The van der Waals surface area contributed by atoms with Crippen LogP contribution in [-0.4, -0.2) is 30.4 Å². The minimum atomic E-state index is -3.35. The zero-order valence-corrected chi connectivity index (χ0v) is 14.8. The highest BCUT2D eigenvalue weighted by Gasteiger charge is 2.10. The van der Waals surface area contributed by atoms with E-state index in [4.69, 9.17) is 0 Å². The highest BCUT2D eigenvalue weighted by atomic mass is 32.2. The van der Waals surface area contributed by atoms with Crippen molar-refractivity contribution in [1.82, 2.24) is 9.78 Å². The second-order valence-corrected chi connectivity index (χ2v) is 7.29. The van der Waals surface area contributed by atoms with Crippen molar-refractivity contribution >= 4 is 27.3 Å². The van der Waals surface area contributed by atoms with Crippen molar-refractivity contribution in [1.29, 1.82) is 0 Å². The smallest absolute Gasteiger partial charge is 0.276 e. The molecule has 1 amide bonds. The van der Waals surface area contributed by atoms with Gasteiger partial charge in [-0.05, 0) is 36.8 Å². The number of nitrogens with one attached hydrogen (secondary N) is 2. The SMILES string of the molecule is CCCCn1nc(C(=O)Nc2ccc(NS(C)(=O)=O)cc2)ccc1=O. The average Bonchev–Trinajstić information content (AvgIpc) is 2.54. The molecule has 0 fully saturated rings. The van der Waals surface area contributed by atoms with Crippen molar-refractivity contribution in [3.05, 3.63) is 52.4 Å². The summed E-state index contributed by atoms with van der Waals surface area (Å²) < 4.78 is 25.9. The largest absolute Gasteiger partial charge is 0.321 e. The second-order valence-electron chi connectivity index (χ2n) is 5.54. The summed E-state index contributed by atoms with van der Waals surface area (Å²) in [6, 6.07) is 8.89. The van der Waals surface area contributed by atoms with Gasteiger partial charge in [0.2, 0.25) is 10.0 Å². The molecule has 2 rings (SSSR count). The van der Waals surface area contributed by atoms with Gasteiger partial charge in [-0.1, -0.05) is 13.3 Å². The molecule has 0 bridgehead atoms. The minimum Gasteiger partial charge on any atom is -0.321 e. The minimum absolute atomic E-state index is 0.133. The Morgan fingerprint density at radius 3 is 2.36 bits per heavy atom. The summed E-state index contributed by atoms with van der Waals surface area (Å²) in [7, 11) is -3.35. The van der Waals surface area contributed by atoms with E-state index in [-0.39, 0.29) is 11.3 Å². The van der Waals surface area contributed by atoms with Gasteiger partial charge in [0.05, 0.1) is 6.26 Å². The van der Waals surface area contributed by atoms with Crippen molar-refractivity contribution in [3.8, 4) is 0 Å². The molecule has 2 N–H and O–H groups in total. The van der Waals surface area contributed by atoms with E-state index in [1.165, 1.54) is 28.9 Å². The van der Waals surface area contributed by atoms with Crippen molar-refractivity contribution < 1.29 is 13.2 Å². The molecule has 0 spiro atoms. The summed E-state index contributed by atoms with van der Waals surface area (Å²) in [6.45, 7) is 2.46. The van der Waals surface area contributed by atoms with E-state index < -0.39 is 15.9 Å². The monoisotopic (exact) mass is 364 g/mol. The molecule has 1 heterocycles. The van der Waals surface area contributed by atoms with Crippen LogP contribution >= 0.6 is 0 Å². The number of hydrogen-bond donors (Lipinski definition) is 2. The molecule has 0 aliphatic rings. The van der Waals surface area contributed by atoms with Gasteiger partial charge >= 0.3 is 0 Å². The maximum Gasteiger partial charge on any atom is 0.276 e. The fraction of sp³-hybridized carbons (Fsp3) is 0.312. The maximum absolute atomic E-state index is 12.3. The van der Waals surface area contributed by atoms with E-state index in [0.717, 1.165) is 19.1 Å². The van der Waals surface area contributed by atoms with Gasteiger partial charge in [0.25, 0.3) is 11.5 Å². The van der Waals surface area contributed by atoms with E-state index in [9.17, 15) is 18.0 Å². The molecule has 0 unspecified atom stereocenters. The average molecular weight is 364 g/mol. The first-order valence-corrected chi connectivity index (χ1v) is 9.65. The van der Waals surface area contributed by atoms with Gasteiger partial charge < -0.3 is 5.32 Å². The predicted octanol–water partition coefficient (Wildman–Crippen LogP) is 1.67. The van der Waals surface area contributed by atoms with Crippen LogP contribution in [0.3, 0.4) is 0 Å². The van der Waals surface area contributed by atoms with Gasteiger partial charge in [0.15, 0.2) is 0 Å². The first-order chi connectivity index (χ1) is 11.8. The summed E-state index contributed by atoms with van der Waals surface area (Å²) in [4.78, 5) is 24.0. The molecule has 0 aliphatic carbocycles. The molecule has 2 aromatic rings. The van der Waals surface area contributed by atoms with E-state index in [0.29, 0.717) is 17.9 Å². The second kappa shape index (κ2) is 7.93. The Bertz CT molecular complexity index is 904. The number of rotatable bonds is 7. The molecule has 1 aromatic carbocycles. The van der Waals surface area contributed by atoms with Crippen molar-refractivity contribution in [3.63, 3.8) is 0 Å². The quantitative estimate of drug-likeness (QED) is 0.776. The zero-order valence-electron chi connectivity index (χ0n) is 14.0. The third-order valence-electron chi connectivity index (χ3n) is 3.27. The molecule has 8 nitrogen and oxygen atoms in total. The summed E-state index contributed by atoms with van der Waals surface area (Å²) in [5, 5.41) is 6.73. The first-order valence-electron chi connectivity index (χ1n) is 7.76. The lowest BCUT2D eigenvalue weighted by Gasteiger charge is -2.08. The van der Waals surface area contributed by atoms with Crippen LogP contribution in [0.5, 0.6) is 0 Å². The van der Waals surface area contributed by atoms with Crippen LogP contribution in [0.2, 0.25) is 0 Å². The molecule has 1 aromatic heterocycles. The highest BCUT2D eigenvalue weighted by Crippen LogP contribution is 2.15. The lowest BCUT2D eigenvalue weighted by molar-refractivity contribution is 0.101. The number of carbonyl (C=O) groups excluding carboxylic acids is 1. The van der Waals surface area contributed by atoms with E-state index in [2.05, 4.69) is 15.1 Å². The van der Waals surface area contributed by atoms with Crippen LogP contribution < -0.4 is 15.6 Å². The van der Waals surface area contributed by atoms with Crippen LogP contribution in [-0.2, 0) is 16.6 Å². The molecule has 0 saturated heterocycles. The predicted molar refractivity (Wildman–Crippen MR) is 96.3 cm³/mol. The topological polar surface area (TPSA) is 110 Å². The Hall–Kier alpha value is -2.68. The first kappa shape index (κ1) is 18.7. The zero-order chi connectivity index (χ0) is 18.4. The third-order valence-corrected chi connectivity index (χ3v) is 3.88. The van der Waals surface area contributed by atoms with Crippen LogP contribution in [0.4, 0.5) is 11.4 Å². The molecule has 0 radical (unpaired) electrons. The number of nitrogens with zero attached hydrogens (tertiary/aromatic N) is 2. The fourth-order valence-corrected chi connectivity index (χ4v) is 2.63. The van der Waals surface area contributed by atoms with Crippen LogP contribution in [0, 0.1) is 0 Å². The third kappa shape index (κ3) is 5.71. The molecule has 0 atom stereocenters. The molecular weight excluding hydrogens is 344 g/mol. The number of unbranched alkanes of at least 4 members (excludes halogenated alkanes) is 1. The van der Waals surface area contributed by atoms with Crippen molar-refractivity contribution in [2.24, 2.45) is 0 Å². The summed E-state index contributed by atoms with van der Waals surface area (Å²) in [5.74, 6) is -0.450. The molecular formula is C16H20N4O4S. The number of sulfonamides is 1. The Kier molecular flexibility index (Phi) is 5.92. The molecule has 0 saturated carbocycles. The Balaban J connectivity index is 2.10. The standard InChI is InChI=1S/C16H20N4O4S/c1-3-4-11-20-15(21)10-9-14(18-20)16(22)17-12-5-7-13(8-6-12)19-25(2,23)24/h5-10,19H,3-4,11H2,1-2H3,(H,17,22). The Morgan fingerprint density at radius 1 is 1.12 bits per heavy atom. The summed E-state index contributed by atoms with van der Waals surface area (Å²) in [5.41, 5.74) is 0.763. The van der Waals surface area contributed by atoms with Gasteiger partial charge in [0.1, 0.15) is 5.69 Å². The van der Waals surface area contributed by atoms with Gasteiger partial charge in [-0.15, -0.1) is 0 Å². The number of aromatic nitrogens is 2. The number of anilines is 2. The van der Waals surface area contributed by atoms with Crippen LogP contribution in [0.1, 0.15) is 30.3 Å². The molecule has 0 aliphatic heterocycles. The lowest BCUT2D eigenvalue weighted by atomic mass is 10.2. The molecule has 134 valence electrons. The van der Waals surface area contributed by atoms with Gasteiger partial charge in [0, 0.05) is 24.0 Å². The molecule has 25 heavy (non-hydrogen) atoms.